The molecule has 1 aliphatic rings. The minimum absolute atomic E-state index is 0.0675. The Hall–Kier alpha value is -0.850. The van der Waals surface area contributed by atoms with E-state index in [1.54, 1.807) is 0 Å². The lowest BCUT2D eigenvalue weighted by Crippen LogP contribution is -2.46. The molecule has 0 aromatic rings. The Kier molecular flexibility index (Phi) is 2.51. The molecule has 0 unspecified atom stereocenters. The van der Waals surface area contributed by atoms with E-state index >= 15 is 0 Å². The van der Waals surface area contributed by atoms with E-state index < -0.39 is 15.9 Å². The molecule has 1 aliphatic heterocycles. The zero-order chi connectivity index (χ0) is 9.19. The second-order valence-electron chi connectivity index (χ2n) is 2.54. The van der Waals surface area contributed by atoms with Crippen molar-refractivity contribution in [2.45, 2.75) is 0 Å². The lowest BCUT2D eigenvalue weighted by molar-refractivity contribution is 0.178. The molecule has 0 aliphatic carbocycles. The van der Waals surface area contributed by atoms with Gasteiger partial charge in [0.25, 0.3) is 0 Å². The Bertz CT molecular complexity index is 262. The molecule has 1 rings (SSSR count). The van der Waals surface area contributed by atoms with Gasteiger partial charge in [0.15, 0.2) is 9.84 Å². The predicted octanol–water partition coefficient (Wildman–Crippen LogP) is -0.689. The van der Waals surface area contributed by atoms with Crippen LogP contribution in [0.25, 0.3) is 0 Å². The third-order valence-corrected chi connectivity index (χ3v) is 3.32. The van der Waals surface area contributed by atoms with E-state index in [0.717, 1.165) is 10.4 Å². The molecule has 1 saturated heterocycles. The number of rotatable bonds is 0. The van der Waals surface area contributed by atoms with Gasteiger partial charge in [-0.05, 0) is 0 Å². The van der Waals surface area contributed by atoms with Crippen molar-refractivity contribution in [2.24, 2.45) is 0 Å². The smallest absolute Gasteiger partial charge is 0.321 e. The number of carbonyl (C=O) groups excluding carboxylic acids is 1. The normalized spacial score (nSPS) is 21.9. The Morgan fingerprint density at radius 3 is 2.25 bits per heavy atom. The maximum absolute atomic E-state index is 11.6. The van der Waals surface area contributed by atoms with Gasteiger partial charge in [-0.1, -0.05) is 4.48 Å². The minimum Gasteiger partial charge on any atom is -0.321 e. The van der Waals surface area contributed by atoms with Gasteiger partial charge in [0.2, 0.25) is 0 Å². The summed E-state index contributed by atoms with van der Waals surface area (Å²) in [6, 6.07) is -0.870. The third kappa shape index (κ3) is 2.07. The molecular weight excluding hydrogens is 187 g/mol. The predicted molar refractivity (Wildman–Crippen MR) is 39.9 cm³/mol. The highest BCUT2D eigenvalue weighted by Gasteiger charge is 2.24. The van der Waals surface area contributed by atoms with Crippen LogP contribution in [0, 0.1) is 0 Å². The second-order valence-corrected chi connectivity index (χ2v) is 4.84. The van der Waals surface area contributed by atoms with Crippen molar-refractivity contribution >= 4 is 15.9 Å². The van der Waals surface area contributed by atoms with E-state index in [-0.39, 0.29) is 24.6 Å². The first-order valence-corrected chi connectivity index (χ1v) is 5.23. The Labute approximate surface area is 69.4 Å². The summed E-state index contributed by atoms with van der Waals surface area (Å²) in [7, 11) is -3.00. The van der Waals surface area contributed by atoms with Crippen LogP contribution in [0.15, 0.2) is 0 Å². The van der Waals surface area contributed by atoms with Crippen LogP contribution in [0.1, 0.15) is 0 Å². The highest BCUT2D eigenvalue weighted by Crippen LogP contribution is 2.03. The molecule has 0 aromatic heterocycles. The summed E-state index contributed by atoms with van der Waals surface area (Å²) in [5.41, 5.74) is 0.954. The SMILES string of the molecule is O=C(NF)N1CCS(=O)(=O)CC1. The van der Waals surface area contributed by atoms with E-state index in [4.69, 9.17) is 0 Å². The van der Waals surface area contributed by atoms with Crippen molar-refractivity contribution in [1.82, 2.24) is 10.4 Å². The fraction of sp³-hybridized carbons (Fsp3) is 0.800. The van der Waals surface area contributed by atoms with Crippen molar-refractivity contribution < 1.29 is 17.7 Å². The van der Waals surface area contributed by atoms with Crippen molar-refractivity contribution in [3.05, 3.63) is 0 Å². The molecule has 0 saturated carbocycles. The van der Waals surface area contributed by atoms with Crippen LogP contribution in [0.3, 0.4) is 0 Å². The molecule has 70 valence electrons. The first-order chi connectivity index (χ1) is 5.55. The maximum Gasteiger partial charge on any atom is 0.345 e. The number of carbonyl (C=O) groups is 1. The Balaban J connectivity index is 2.52. The first-order valence-electron chi connectivity index (χ1n) is 3.41. The molecular formula is C5H9FN2O3S. The van der Waals surface area contributed by atoms with Crippen molar-refractivity contribution in [3.8, 4) is 0 Å². The largest absolute Gasteiger partial charge is 0.345 e. The van der Waals surface area contributed by atoms with E-state index in [1.807, 2.05) is 0 Å². The Morgan fingerprint density at radius 2 is 1.83 bits per heavy atom. The molecule has 1 N–H and O–H groups in total. The molecule has 1 heterocycles. The zero-order valence-electron chi connectivity index (χ0n) is 6.29. The lowest BCUT2D eigenvalue weighted by atomic mass is 10.5. The molecule has 7 heteroatoms. The van der Waals surface area contributed by atoms with E-state index in [2.05, 4.69) is 0 Å². The molecule has 1 fully saturated rings. The summed E-state index contributed by atoms with van der Waals surface area (Å²) < 4.78 is 33.3. The molecule has 0 spiro atoms. The van der Waals surface area contributed by atoms with Gasteiger partial charge in [-0.25, -0.2) is 13.2 Å². The van der Waals surface area contributed by atoms with Gasteiger partial charge in [0, 0.05) is 13.1 Å². The fourth-order valence-corrected chi connectivity index (χ4v) is 2.18. The van der Waals surface area contributed by atoms with E-state index in [0.29, 0.717) is 0 Å². The van der Waals surface area contributed by atoms with Crippen molar-refractivity contribution in [3.63, 3.8) is 0 Å². The number of nitrogens with zero attached hydrogens (tertiary/aromatic N) is 1. The number of hydrogen-bond acceptors (Lipinski definition) is 3. The van der Waals surface area contributed by atoms with Crippen LogP contribution in [0.5, 0.6) is 0 Å². The molecule has 2 amide bonds. The highest BCUT2D eigenvalue weighted by molar-refractivity contribution is 7.91. The summed E-state index contributed by atoms with van der Waals surface area (Å²) in [5, 5.41) is 0. The van der Waals surface area contributed by atoms with Crippen molar-refractivity contribution in [2.75, 3.05) is 24.6 Å². The third-order valence-electron chi connectivity index (χ3n) is 1.71. The molecule has 12 heavy (non-hydrogen) atoms. The number of urea groups is 1. The van der Waals surface area contributed by atoms with Gasteiger partial charge < -0.3 is 4.90 Å². The van der Waals surface area contributed by atoms with Gasteiger partial charge in [-0.2, -0.15) is 5.54 Å². The molecule has 0 aromatic carbocycles. The number of amides is 2. The summed E-state index contributed by atoms with van der Waals surface area (Å²) >= 11 is 0. The number of hydrogen-bond donors (Lipinski definition) is 1. The monoisotopic (exact) mass is 196 g/mol. The van der Waals surface area contributed by atoms with Crippen molar-refractivity contribution in [1.29, 1.82) is 0 Å². The standard InChI is InChI=1S/C5H9FN2O3S/c6-7-5(9)8-1-3-12(10,11)4-2-8/h1-4H2,(H,7,9). The summed E-state index contributed by atoms with van der Waals surface area (Å²) in [6.07, 6.45) is 0. The molecule has 5 nitrogen and oxygen atoms in total. The number of halogens is 1. The van der Waals surface area contributed by atoms with E-state index in [1.165, 1.54) is 0 Å². The Morgan fingerprint density at radius 1 is 1.33 bits per heavy atom. The lowest BCUT2D eigenvalue weighted by Gasteiger charge is -2.24. The average Bonchev–Trinajstić information content (AvgIpc) is 2.03. The van der Waals surface area contributed by atoms with Crippen LogP contribution in [0.2, 0.25) is 0 Å². The maximum atomic E-state index is 11.6. The van der Waals surface area contributed by atoms with Gasteiger partial charge in [0.1, 0.15) is 0 Å². The zero-order valence-corrected chi connectivity index (χ0v) is 7.10. The molecule has 0 atom stereocenters. The van der Waals surface area contributed by atoms with Crippen LogP contribution < -0.4 is 5.54 Å². The van der Waals surface area contributed by atoms with Gasteiger partial charge in [0.05, 0.1) is 11.5 Å². The average molecular weight is 196 g/mol. The van der Waals surface area contributed by atoms with E-state index in [9.17, 15) is 17.7 Å². The van der Waals surface area contributed by atoms with Gasteiger partial charge in [-0.15, -0.1) is 0 Å². The summed E-state index contributed by atoms with van der Waals surface area (Å²) in [4.78, 5) is 11.7. The topological polar surface area (TPSA) is 66.5 Å². The molecule has 0 radical (unpaired) electrons. The number of nitrogens with one attached hydrogen (secondary N) is 1. The van der Waals surface area contributed by atoms with Crippen LogP contribution in [-0.2, 0) is 9.84 Å². The second kappa shape index (κ2) is 3.26. The first kappa shape index (κ1) is 9.24. The van der Waals surface area contributed by atoms with Gasteiger partial charge >= 0.3 is 6.03 Å². The van der Waals surface area contributed by atoms with Gasteiger partial charge in [-0.3, -0.25) is 0 Å². The van der Waals surface area contributed by atoms with Crippen LogP contribution in [-0.4, -0.2) is 43.9 Å². The quantitative estimate of drug-likeness (QED) is 0.521. The van der Waals surface area contributed by atoms with Crippen LogP contribution >= 0.6 is 0 Å². The van der Waals surface area contributed by atoms with Crippen LogP contribution in [0.4, 0.5) is 9.28 Å². The minimum atomic E-state index is -3.00. The molecule has 0 bridgehead atoms. The number of sulfone groups is 1. The summed E-state index contributed by atoms with van der Waals surface area (Å²) in [5.74, 6) is -0.166. The fourth-order valence-electron chi connectivity index (χ4n) is 0.975. The summed E-state index contributed by atoms with van der Waals surface area (Å²) in [6.45, 7) is 0.135. The highest BCUT2D eigenvalue weighted by atomic mass is 32.2.